The maximum absolute atomic E-state index is 5.72. The molecule has 0 amide bonds. The minimum atomic E-state index is 0. The number of thioether (sulfide) groups is 1. The molecule has 1 rings (SSSR count). The van der Waals surface area contributed by atoms with E-state index in [4.69, 9.17) is 15.2 Å². The lowest BCUT2D eigenvalue weighted by Crippen LogP contribution is -2.05. The fraction of sp³-hybridized carbons (Fsp3) is 0.571. The van der Waals surface area contributed by atoms with Crippen molar-refractivity contribution in [2.75, 3.05) is 25.5 Å². The summed E-state index contributed by atoms with van der Waals surface area (Å²) in [6.45, 7) is 8.08. The van der Waals surface area contributed by atoms with Gasteiger partial charge in [0.1, 0.15) is 11.5 Å². The molecule has 19 heavy (non-hydrogen) atoms. The average molecular weight is 306 g/mol. The summed E-state index contributed by atoms with van der Waals surface area (Å²) in [6, 6.07) is 4.16. The molecule has 0 aliphatic rings. The molecular weight excluding hydrogens is 282 g/mol. The van der Waals surface area contributed by atoms with Gasteiger partial charge in [0.2, 0.25) is 0 Å². The van der Waals surface area contributed by atoms with Crippen LogP contribution in [0.4, 0.5) is 0 Å². The summed E-state index contributed by atoms with van der Waals surface area (Å²) in [5.41, 5.74) is 6.79. The molecular formula is C14H24ClNO2S. The van der Waals surface area contributed by atoms with E-state index in [2.05, 4.69) is 19.1 Å². The Bertz CT molecular complexity index is 347. The van der Waals surface area contributed by atoms with Gasteiger partial charge in [-0.25, -0.2) is 0 Å². The first kappa shape index (κ1) is 18.4. The lowest BCUT2D eigenvalue weighted by molar-refractivity contribution is 0.308. The summed E-state index contributed by atoms with van der Waals surface area (Å²) < 4.78 is 11.4. The van der Waals surface area contributed by atoms with Crippen LogP contribution in [0.3, 0.4) is 0 Å². The molecule has 2 N–H and O–H groups in total. The molecule has 0 unspecified atom stereocenters. The van der Waals surface area contributed by atoms with E-state index in [0.717, 1.165) is 28.6 Å². The summed E-state index contributed by atoms with van der Waals surface area (Å²) in [6.07, 6.45) is 0.844. The third-order valence-electron chi connectivity index (χ3n) is 2.40. The van der Waals surface area contributed by atoms with Crippen molar-refractivity contribution < 1.29 is 9.47 Å². The minimum Gasteiger partial charge on any atom is -0.493 e. The fourth-order valence-corrected chi connectivity index (χ4v) is 2.56. The van der Waals surface area contributed by atoms with E-state index in [1.165, 1.54) is 5.56 Å². The van der Waals surface area contributed by atoms with E-state index >= 15 is 0 Å². The highest BCUT2D eigenvalue weighted by Crippen LogP contribution is 2.39. The summed E-state index contributed by atoms with van der Waals surface area (Å²) >= 11 is 1.75. The van der Waals surface area contributed by atoms with Gasteiger partial charge in [-0.2, -0.15) is 0 Å². The maximum Gasteiger partial charge on any atom is 0.136 e. The van der Waals surface area contributed by atoms with Gasteiger partial charge in [0.25, 0.3) is 0 Å². The molecule has 0 saturated heterocycles. The van der Waals surface area contributed by atoms with Crippen molar-refractivity contribution in [1.82, 2.24) is 0 Å². The first-order valence-corrected chi connectivity index (χ1v) is 7.50. The van der Waals surface area contributed by atoms with Crippen LogP contribution in [0.5, 0.6) is 11.5 Å². The monoisotopic (exact) mass is 305 g/mol. The maximum atomic E-state index is 5.72. The molecule has 0 bridgehead atoms. The number of nitrogens with two attached hydrogens (primary N) is 1. The molecule has 0 radical (unpaired) electrons. The Hall–Kier alpha value is -0.580. The number of halogens is 1. The molecule has 0 aliphatic heterocycles. The zero-order chi connectivity index (χ0) is 13.4. The molecule has 1 aromatic rings. The number of rotatable bonds is 8. The molecule has 0 fully saturated rings. The Morgan fingerprint density at radius 2 is 1.58 bits per heavy atom. The second kappa shape index (κ2) is 10.2. The van der Waals surface area contributed by atoms with Gasteiger partial charge >= 0.3 is 0 Å². The van der Waals surface area contributed by atoms with Crippen LogP contribution >= 0.6 is 24.2 Å². The van der Waals surface area contributed by atoms with Crippen LogP contribution in [0.25, 0.3) is 0 Å². The Kier molecular flexibility index (Phi) is 9.92. The number of benzene rings is 1. The largest absolute Gasteiger partial charge is 0.493 e. The molecule has 0 atom stereocenters. The Morgan fingerprint density at radius 3 is 1.95 bits per heavy atom. The second-order valence-electron chi connectivity index (χ2n) is 3.76. The quantitative estimate of drug-likeness (QED) is 0.746. The first-order valence-electron chi connectivity index (χ1n) is 6.52. The minimum absolute atomic E-state index is 0. The molecule has 1 aromatic carbocycles. The Labute approximate surface area is 126 Å². The topological polar surface area (TPSA) is 44.5 Å². The molecule has 0 heterocycles. The van der Waals surface area contributed by atoms with E-state index in [1.54, 1.807) is 11.8 Å². The Morgan fingerprint density at radius 1 is 1.05 bits per heavy atom. The molecule has 0 aromatic heterocycles. The summed E-state index contributed by atoms with van der Waals surface area (Å²) in [5.74, 6) is 2.83. The van der Waals surface area contributed by atoms with Gasteiger partial charge in [0, 0.05) is 0 Å². The highest BCUT2D eigenvalue weighted by molar-refractivity contribution is 7.99. The lowest BCUT2D eigenvalue weighted by Gasteiger charge is -2.16. The van der Waals surface area contributed by atoms with Crippen molar-refractivity contribution in [1.29, 1.82) is 0 Å². The van der Waals surface area contributed by atoms with Crippen LogP contribution in [0.1, 0.15) is 26.3 Å². The normalized spacial score (nSPS) is 9.89. The summed E-state index contributed by atoms with van der Waals surface area (Å²) in [7, 11) is 0. The van der Waals surface area contributed by atoms with Gasteiger partial charge in [-0.05, 0) is 50.3 Å². The molecule has 5 heteroatoms. The number of hydrogen-bond acceptors (Lipinski definition) is 4. The van der Waals surface area contributed by atoms with Gasteiger partial charge in [0.15, 0.2) is 0 Å². The van der Waals surface area contributed by atoms with Gasteiger partial charge in [-0.3, -0.25) is 0 Å². The lowest BCUT2D eigenvalue weighted by atomic mass is 10.1. The van der Waals surface area contributed by atoms with Crippen molar-refractivity contribution in [2.45, 2.75) is 32.1 Å². The van der Waals surface area contributed by atoms with Crippen molar-refractivity contribution in [3.63, 3.8) is 0 Å². The van der Waals surface area contributed by atoms with E-state index in [1.807, 2.05) is 13.8 Å². The first-order chi connectivity index (χ1) is 8.76. The van der Waals surface area contributed by atoms with Crippen LogP contribution < -0.4 is 15.2 Å². The van der Waals surface area contributed by atoms with Crippen LogP contribution in [0, 0.1) is 0 Å². The number of ether oxygens (including phenoxy) is 2. The van der Waals surface area contributed by atoms with Crippen LogP contribution in [-0.4, -0.2) is 25.5 Å². The molecule has 0 spiro atoms. The predicted octanol–water partition coefficient (Wildman–Crippen LogP) is 3.52. The zero-order valence-corrected chi connectivity index (χ0v) is 13.5. The van der Waals surface area contributed by atoms with E-state index in [9.17, 15) is 0 Å². The van der Waals surface area contributed by atoms with E-state index in [0.29, 0.717) is 19.8 Å². The third kappa shape index (κ3) is 5.51. The van der Waals surface area contributed by atoms with Crippen LogP contribution in [-0.2, 0) is 6.42 Å². The molecule has 3 nitrogen and oxygen atoms in total. The predicted molar refractivity (Wildman–Crippen MR) is 85.2 cm³/mol. The standard InChI is InChI=1S/C14H23NO2S.ClH/c1-4-16-12-9-11(7-8-15)10-13(17-5-2)14(12)18-6-3;/h9-10H,4-8,15H2,1-3H3;1H. The van der Waals surface area contributed by atoms with Gasteiger partial charge in [-0.1, -0.05) is 6.92 Å². The second-order valence-corrected chi connectivity index (χ2v) is 5.03. The zero-order valence-electron chi connectivity index (χ0n) is 11.9. The smallest absolute Gasteiger partial charge is 0.136 e. The van der Waals surface area contributed by atoms with E-state index < -0.39 is 0 Å². The van der Waals surface area contributed by atoms with Crippen molar-refractivity contribution in [2.24, 2.45) is 5.73 Å². The summed E-state index contributed by atoms with van der Waals surface area (Å²) in [4.78, 5) is 1.10. The van der Waals surface area contributed by atoms with Crippen molar-refractivity contribution >= 4 is 24.2 Å². The Balaban J connectivity index is 0.00000324. The fourth-order valence-electron chi connectivity index (χ4n) is 1.75. The van der Waals surface area contributed by atoms with Crippen LogP contribution in [0.15, 0.2) is 17.0 Å². The van der Waals surface area contributed by atoms with Crippen LogP contribution in [0.2, 0.25) is 0 Å². The summed E-state index contributed by atoms with van der Waals surface area (Å²) in [5, 5.41) is 0. The highest BCUT2D eigenvalue weighted by atomic mass is 35.5. The van der Waals surface area contributed by atoms with Crippen molar-refractivity contribution in [3.8, 4) is 11.5 Å². The number of hydrogen-bond donors (Lipinski definition) is 1. The molecule has 110 valence electrons. The van der Waals surface area contributed by atoms with E-state index in [-0.39, 0.29) is 12.4 Å². The molecule has 0 saturated carbocycles. The van der Waals surface area contributed by atoms with Gasteiger partial charge < -0.3 is 15.2 Å². The third-order valence-corrected chi connectivity index (χ3v) is 3.38. The SMILES string of the molecule is CCOc1cc(CCN)cc(OCC)c1SCC.Cl. The average Bonchev–Trinajstić information content (AvgIpc) is 2.34. The van der Waals surface area contributed by atoms with Gasteiger partial charge in [0.05, 0.1) is 18.1 Å². The van der Waals surface area contributed by atoms with Gasteiger partial charge in [-0.15, -0.1) is 24.2 Å². The molecule has 0 aliphatic carbocycles. The van der Waals surface area contributed by atoms with Crippen molar-refractivity contribution in [3.05, 3.63) is 17.7 Å². The highest BCUT2D eigenvalue weighted by Gasteiger charge is 2.13.